The van der Waals surface area contributed by atoms with Gasteiger partial charge in [-0.2, -0.15) is 8.42 Å². The second-order valence-corrected chi connectivity index (χ2v) is 9.78. The summed E-state index contributed by atoms with van der Waals surface area (Å²) in [6, 6.07) is 15.2. The summed E-state index contributed by atoms with van der Waals surface area (Å²) in [5.74, 6) is -0.185. The SMILES string of the molecule is CN1C(=O)C(c2ccc(OS(C)(=O)=O)cc2)(c2cccc(-c3ccsc3C=O)c2)N=C1N. The third-order valence-corrected chi connectivity index (χ3v) is 6.49. The van der Waals surface area contributed by atoms with Crippen LogP contribution in [0.15, 0.2) is 65.0 Å². The number of carbonyl (C=O) groups is 2. The molecule has 1 amide bonds. The lowest BCUT2D eigenvalue weighted by molar-refractivity contribution is -0.129. The lowest BCUT2D eigenvalue weighted by Gasteiger charge is -2.26. The van der Waals surface area contributed by atoms with Gasteiger partial charge in [-0.15, -0.1) is 11.3 Å². The van der Waals surface area contributed by atoms with Crippen molar-refractivity contribution in [2.45, 2.75) is 5.54 Å². The first-order chi connectivity index (χ1) is 15.2. The van der Waals surface area contributed by atoms with Crippen molar-refractivity contribution in [3.8, 4) is 16.9 Å². The van der Waals surface area contributed by atoms with E-state index in [1.165, 1.54) is 35.4 Å². The zero-order chi connectivity index (χ0) is 23.1. The molecule has 4 rings (SSSR count). The molecule has 3 aromatic rings. The number of amides is 1. The van der Waals surface area contributed by atoms with Crippen LogP contribution in [0.2, 0.25) is 0 Å². The Bertz CT molecular complexity index is 1350. The predicted molar refractivity (Wildman–Crippen MR) is 122 cm³/mol. The molecule has 1 unspecified atom stereocenters. The van der Waals surface area contributed by atoms with E-state index in [0.29, 0.717) is 16.0 Å². The topological polar surface area (TPSA) is 119 Å². The Labute approximate surface area is 189 Å². The number of aldehydes is 1. The van der Waals surface area contributed by atoms with Gasteiger partial charge in [0.25, 0.3) is 5.91 Å². The minimum absolute atomic E-state index is 0.0565. The molecular formula is C22H19N3O5S2. The van der Waals surface area contributed by atoms with Crippen LogP contribution in [0.5, 0.6) is 5.75 Å². The highest BCUT2D eigenvalue weighted by Crippen LogP contribution is 2.41. The first-order valence-electron chi connectivity index (χ1n) is 9.43. The number of rotatable bonds is 6. The molecule has 0 fully saturated rings. The molecule has 1 atom stereocenters. The molecule has 1 aromatic heterocycles. The highest BCUT2D eigenvalue weighted by molar-refractivity contribution is 7.86. The van der Waals surface area contributed by atoms with Crippen molar-refractivity contribution in [3.63, 3.8) is 0 Å². The van der Waals surface area contributed by atoms with Crippen LogP contribution in [0.3, 0.4) is 0 Å². The smallest absolute Gasteiger partial charge is 0.306 e. The molecule has 0 aliphatic carbocycles. The van der Waals surface area contributed by atoms with Gasteiger partial charge in [0.1, 0.15) is 5.75 Å². The van der Waals surface area contributed by atoms with E-state index in [0.717, 1.165) is 23.7 Å². The molecule has 164 valence electrons. The van der Waals surface area contributed by atoms with Crippen LogP contribution in [-0.2, 0) is 20.5 Å². The number of benzene rings is 2. The molecule has 2 heterocycles. The minimum atomic E-state index is -3.69. The molecule has 0 radical (unpaired) electrons. The lowest BCUT2D eigenvalue weighted by Crippen LogP contribution is -2.41. The molecule has 32 heavy (non-hydrogen) atoms. The van der Waals surface area contributed by atoms with Gasteiger partial charge in [-0.25, -0.2) is 4.99 Å². The van der Waals surface area contributed by atoms with E-state index >= 15 is 0 Å². The summed E-state index contributed by atoms with van der Waals surface area (Å²) in [5.41, 5.74) is 7.13. The van der Waals surface area contributed by atoms with Gasteiger partial charge in [0.2, 0.25) is 0 Å². The second-order valence-electron chi connectivity index (χ2n) is 7.25. The Morgan fingerprint density at radius 3 is 2.44 bits per heavy atom. The molecule has 0 saturated heterocycles. The van der Waals surface area contributed by atoms with E-state index in [9.17, 15) is 18.0 Å². The fourth-order valence-electron chi connectivity index (χ4n) is 3.67. The minimum Gasteiger partial charge on any atom is -0.383 e. The fraction of sp³-hybridized carbons (Fsp3) is 0.136. The summed E-state index contributed by atoms with van der Waals surface area (Å²) < 4.78 is 27.7. The molecule has 1 aliphatic rings. The van der Waals surface area contributed by atoms with Crippen molar-refractivity contribution in [1.82, 2.24) is 4.90 Å². The molecule has 0 bridgehead atoms. The molecule has 2 N–H and O–H groups in total. The van der Waals surface area contributed by atoms with Crippen LogP contribution in [0.25, 0.3) is 11.1 Å². The van der Waals surface area contributed by atoms with Crippen LogP contribution >= 0.6 is 11.3 Å². The zero-order valence-electron chi connectivity index (χ0n) is 17.2. The quantitative estimate of drug-likeness (QED) is 0.438. The summed E-state index contributed by atoms with van der Waals surface area (Å²) in [7, 11) is -2.15. The largest absolute Gasteiger partial charge is 0.383 e. The van der Waals surface area contributed by atoms with Gasteiger partial charge in [0.05, 0.1) is 11.1 Å². The molecule has 10 heteroatoms. The van der Waals surface area contributed by atoms with Crippen molar-refractivity contribution in [2.24, 2.45) is 10.7 Å². The van der Waals surface area contributed by atoms with Crippen molar-refractivity contribution in [2.75, 3.05) is 13.3 Å². The van der Waals surface area contributed by atoms with Gasteiger partial charge >= 0.3 is 10.1 Å². The van der Waals surface area contributed by atoms with Crippen molar-refractivity contribution >= 4 is 39.6 Å². The zero-order valence-corrected chi connectivity index (χ0v) is 18.8. The Kier molecular flexibility index (Phi) is 5.35. The Morgan fingerprint density at radius 1 is 1.12 bits per heavy atom. The number of nitrogens with zero attached hydrogens (tertiary/aromatic N) is 2. The first kappa shape index (κ1) is 21.7. The van der Waals surface area contributed by atoms with Gasteiger partial charge in [0.15, 0.2) is 17.8 Å². The van der Waals surface area contributed by atoms with E-state index < -0.39 is 15.7 Å². The molecule has 2 aromatic carbocycles. The van der Waals surface area contributed by atoms with Gasteiger partial charge < -0.3 is 9.92 Å². The molecule has 0 spiro atoms. The number of guanidine groups is 1. The molecular weight excluding hydrogens is 450 g/mol. The van der Waals surface area contributed by atoms with E-state index in [2.05, 4.69) is 4.99 Å². The average molecular weight is 470 g/mol. The number of aliphatic imine (C=N–C) groups is 1. The normalized spacial score (nSPS) is 18.5. The monoisotopic (exact) mass is 469 g/mol. The summed E-state index contributed by atoms with van der Waals surface area (Å²) >= 11 is 1.33. The van der Waals surface area contributed by atoms with E-state index in [-0.39, 0.29) is 17.6 Å². The summed E-state index contributed by atoms with van der Waals surface area (Å²) in [6.07, 6.45) is 1.75. The second kappa shape index (κ2) is 7.88. The third kappa shape index (κ3) is 3.67. The maximum atomic E-state index is 13.4. The average Bonchev–Trinajstić information content (AvgIpc) is 3.33. The van der Waals surface area contributed by atoms with Gasteiger partial charge in [0, 0.05) is 12.6 Å². The van der Waals surface area contributed by atoms with E-state index in [4.69, 9.17) is 9.92 Å². The van der Waals surface area contributed by atoms with Crippen LogP contribution in [0, 0.1) is 0 Å². The van der Waals surface area contributed by atoms with E-state index in [1.807, 2.05) is 23.6 Å². The molecule has 1 aliphatic heterocycles. The van der Waals surface area contributed by atoms with Crippen molar-refractivity contribution in [1.29, 1.82) is 0 Å². The first-order valence-corrected chi connectivity index (χ1v) is 12.1. The van der Waals surface area contributed by atoms with Crippen LogP contribution in [-0.4, -0.2) is 44.8 Å². The van der Waals surface area contributed by atoms with Crippen LogP contribution in [0.1, 0.15) is 20.8 Å². The highest BCUT2D eigenvalue weighted by atomic mass is 32.2. The Morgan fingerprint density at radius 2 is 1.84 bits per heavy atom. The van der Waals surface area contributed by atoms with Crippen LogP contribution < -0.4 is 9.92 Å². The maximum absolute atomic E-state index is 13.4. The fourth-order valence-corrected chi connectivity index (χ4v) is 4.85. The number of hydrogen-bond acceptors (Lipinski definition) is 8. The van der Waals surface area contributed by atoms with E-state index in [1.54, 1.807) is 24.3 Å². The standard InChI is InChI=1S/C22H19N3O5S2/c1-25-20(27)22(24-21(25)23,15-6-8-17(9-7-15)30-32(2,28)29)16-5-3-4-14(12-16)18-10-11-31-19(18)13-26/h3-13H,1-2H3,(H2,23,24). The Balaban J connectivity index is 1.88. The molecule has 0 saturated carbocycles. The molecule has 8 nitrogen and oxygen atoms in total. The highest BCUT2D eigenvalue weighted by Gasteiger charge is 2.49. The lowest BCUT2D eigenvalue weighted by atomic mass is 9.81. The number of likely N-dealkylation sites (N-methyl/N-ethyl adjacent to an activating group) is 1. The summed E-state index contributed by atoms with van der Waals surface area (Å²) in [6.45, 7) is 0. The van der Waals surface area contributed by atoms with Gasteiger partial charge in [-0.3, -0.25) is 14.5 Å². The van der Waals surface area contributed by atoms with Crippen molar-refractivity contribution in [3.05, 3.63) is 76.0 Å². The predicted octanol–water partition coefficient (Wildman–Crippen LogP) is 2.60. The van der Waals surface area contributed by atoms with Gasteiger partial charge in [-0.05, 0) is 46.3 Å². The number of nitrogens with two attached hydrogens (primary N) is 1. The summed E-state index contributed by atoms with van der Waals surface area (Å²) in [4.78, 5) is 31.2. The number of hydrogen-bond donors (Lipinski definition) is 1. The Hall–Kier alpha value is -3.50. The number of carbonyl (C=O) groups excluding carboxylic acids is 2. The summed E-state index contributed by atoms with van der Waals surface area (Å²) in [5, 5.41) is 1.83. The van der Waals surface area contributed by atoms with Crippen LogP contribution in [0.4, 0.5) is 0 Å². The maximum Gasteiger partial charge on any atom is 0.306 e. The van der Waals surface area contributed by atoms with Gasteiger partial charge in [-0.1, -0.05) is 30.3 Å². The number of thiophene rings is 1. The van der Waals surface area contributed by atoms with Crippen molar-refractivity contribution < 1.29 is 22.2 Å². The third-order valence-electron chi connectivity index (χ3n) is 5.15.